The van der Waals surface area contributed by atoms with Gasteiger partial charge in [0.05, 0.1) is 0 Å². The molecule has 0 saturated carbocycles. The van der Waals surface area contributed by atoms with Gasteiger partial charge >= 0.3 is 0 Å². The molecule has 0 heterocycles. The van der Waals surface area contributed by atoms with E-state index in [2.05, 4.69) is 0 Å². The predicted octanol–water partition coefficient (Wildman–Crippen LogP) is 1.79. The third kappa shape index (κ3) is 1.53. The first-order chi connectivity index (χ1) is 6.37. The Kier molecular flexibility index (Phi) is 2.93. The van der Waals surface area contributed by atoms with E-state index in [0.717, 1.165) is 0 Å². The number of hydrogen-bond donors (Lipinski definition) is 0. The molecule has 0 aromatic heterocycles. The van der Waals surface area contributed by atoms with Crippen molar-refractivity contribution in [2.24, 2.45) is 0 Å². The van der Waals surface area contributed by atoms with Crippen LogP contribution >= 0.6 is 0 Å². The summed E-state index contributed by atoms with van der Waals surface area (Å²) in [5, 5.41) is 0. The quantitative estimate of drug-likeness (QED) is 0.478. The summed E-state index contributed by atoms with van der Waals surface area (Å²) in [6.07, 6.45) is 0. The fraction of sp³-hybridized carbons (Fsp3) is 0.400. The summed E-state index contributed by atoms with van der Waals surface area (Å²) >= 11 is 0. The van der Waals surface area contributed by atoms with E-state index >= 15 is 0 Å². The van der Waals surface area contributed by atoms with Crippen molar-refractivity contribution in [1.82, 2.24) is 0 Å². The van der Waals surface area contributed by atoms with Crippen molar-refractivity contribution in [3.8, 4) is 0 Å². The average molecular weight is 200 g/mol. The first-order valence-electron chi connectivity index (χ1n) is 4.51. The molecule has 76 valence electrons. The summed E-state index contributed by atoms with van der Waals surface area (Å²) in [4.78, 5) is 0. The van der Waals surface area contributed by atoms with Crippen LogP contribution in [0.4, 0.5) is 13.2 Å². The normalized spacial score (nSPS) is 11.1. The first-order valence-corrected chi connectivity index (χ1v) is 4.51. The molecule has 0 aliphatic rings. The Labute approximate surface area is 82.5 Å². The van der Waals surface area contributed by atoms with Crippen molar-refractivity contribution < 1.29 is 13.2 Å². The molecule has 1 rings (SSSR count). The topological polar surface area (TPSA) is 0 Å². The highest BCUT2D eigenvalue weighted by Gasteiger charge is 2.21. The minimum atomic E-state index is -1.06. The summed E-state index contributed by atoms with van der Waals surface area (Å²) in [7, 11) is 1.38. The molecule has 4 heteroatoms. The third-order valence-corrected chi connectivity index (χ3v) is 2.46. The summed E-state index contributed by atoms with van der Waals surface area (Å²) in [6.45, 7) is 4.73. The molecule has 14 heavy (non-hydrogen) atoms. The summed E-state index contributed by atoms with van der Waals surface area (Å²) in [6, 6.07) is 0. The third-order valence-electron chi connectivity index (χ3n) is 2.46. The second-order valence-corrected chi connectivity index (χ2v) is 3.76. The predicted molar refractivity (Wildman–Crippen MR) is 53.3 cm³/mol. The van der Waals surface area contributed by atoms with Gasteiger partial charge < -0.3 is 0 Å². The molecule has 0 amide bonds. The van der Waals surface area contributed by atoms with Gasteiger partial charge in [0.1, 0.15) is 13.7 Å². The number of rotatable bonds is 1. The van der Waals surface area contributed by atoms with E-state index in [0.29, 0.717) is 0 Å². The summed E-state index contributed by atoms with van der Waals surface area (Å²) in [5.74, 6) is -2.98. The summed E-state index contributed by atoms with van der Waals surface area (Å²) in [5.41, 5.74) is 0.0719. The maximum Gasteiger partial charge on any atom is 0.164 e. The van der Waals surface area contributed by atoms with Gasteiger partial charge in [-0.1, -0.05) is 13.8 Å². The van der Waals surface area contributed by atoms with Gasteiger partial charge in [0.25, 0.3) is 0 Å². The van der Waals surface area contributed by atoms with Gasteiger partial charge in [0, 0.05) is 5.56 Å². The molecule has 0 fully saturated rings. The van der Waals surface area contributed by atoms with Crippen LogP contribution in [0, 0.1) is 24.4 Å². The second kappa shape index (κ2) is 3.68. The highest BCUT2D eigenvalue weighted by Crippen LogP contribution is 2.24. The van der Waals surface area contributed by atoms with E-state index < -0.39 is 17.5 Å². The van der Waals surface area contributed by atoms with Gasteiger partial charge in [-0.3, -0.25) is 0 Å². The van der Waals surface area contributed by atoms with Crippen LogP contribution in [-0.2, 0) is 0 Å². The van der Waals surface area contributed by atoms with E-state index in [9.17, 15) is 13.2 Å². The Morgan fingerprint density at radius 2 is 1.50 bits per heavy atom. The van der Waals surface area contributed by atoms with Gasteiger partial charge in [-0.05, 0) is 23.9 Å². The maximum absolute atomic E-state index is 13.5. The van der Waals surface area contributed by atoms with Crippen LogP contribution in [-0.4, -0.2) is 7.85 Å². The standard InChI is InChI=1S/C10H12BF3/c1-4(2)6-8(12)5(3)7(11)10(14)9(6)13/h4H,11H2,1-3H3. The number of benzene rings is 1. The zero-order valence-electron chi connectivity index (χ0n) is 8.71. The van der Waals surface area contributed by atoms with Crippen LogP contribution < -0.4 is 5.46 Å². The molecule has 0 atom stereocenters. The van der Waals surface area contributed by atoms with Crippen LogP contribution in [0.3, 0.4) is 0 Å². The Morgan fingerprint density at radius 1 is 1.00 bits per heavy atom. The Morgan fingerprint density at radius 3 is 1.93 bits per heavy atom. The SMILES string of the molecule is Bc1c(C)c(F)c(C(C)C)c(F)c1F. The van der Waals surface area contributed by atoms with Crippen molar-refractivity contribution in [2.45, 2.75) is 26.7 Å². The van der Waals surface area contributed by atoms with Crippen molar-refractivity contribution in [3.05, 3.63) is 28.6 Å². The van der Waals surface area contributed by atoms with Crippen LogP contribution in [0.5, 0.6) is 0 Å². The second-order valence-electron chi connectivity index (χ2n) is 3.76. The fourth-order valence-electron chi connectivity index (χ4n) is 1.42. The van der Waals surface area contributed by atoms with Crippen molar-refractivity contribution in [1.29, 1.82) is 0 Å². The van der Waals surface area contributed by atoms with Crippen LogP contribution in [0.25, 0.3) is 0 Å². The first kappa shape index (κ1) is 11.2. The van der Waals surface area contributed by atoms with Gasteiger partial charge in [0.2, 0.25) is 0 Å². The van der Waals surface area contributed by atoms with Gasteiger partial charge in [-0.2, -0.15) is 0 Å². The fourth-order valence-corrected chi connectivity index (χ4v) is 1.42. The van der Waals surface area contributed by atoms with Crippen molar-refractivity contribution >= 4 is 13.3 Å². The monoisotopic (exact) mass is 200 g/mol. The molecule has 0 bridgehead atoms. The van der Waals surface area contributed by atoms with Crippen molar-refractivity contribution in [2.75, 3.05) is 0 Å². The van der Waals surface area contributed by atoms with E-state index in [-0.39, 0.29) is 22.5 Å². The lowest BCUT2D eigenvalue weighted by Crippen LogP contribution is -2.20. The molecular weight excluding hydrogens is 188 g/mol. The van der Waals surface area contributed by atoms with Gasteiger partial charge in [-0.15, -0.1) is 0 Å². The molecule has 0 saturated heterocycles. The number of hydrogen-bond acceptors (Lipinski definition) is 0. The molecule has 0 aliphatic heterocycles. The Hall–Kier alpha value is -0.925. The minimum absolute atomic E-state index is 0.0457. The molecular formula is C10H12BF3. The molecule has 0 N–H and O–H groups in total. The lowest BCUT2D eigenvalue weighted by Gasteiger charge is -2.14. The molecule has 0 radical (unpaired) electrons. The molecule has 1 aromatic carbocycles. The molecule has 0 spiro atoms. The smallest absolute Gasteiger partial charge is 0.164 e. The van der Waals surface area contributed by atoms with Gasteiger partial charge in [0.15, 0.2) is 11.6 Å². The van der Waals surface area contributed by atoms with Crippen LogP contribution in [0.15, 0.2) is 0 Å². The lowest BCUT2D eigenvalue weighted by atomic mass is 9.86. The van der Waals surface area contributed by atoms with Crippen molar-refractivity contribution in [3.63, 3.8) is 0 Å². The van der Waals surface area contributed by atoms with E-state index in [1.165, 1.54) is 14.8 Å². The van der Waals surface area contributed by atoms with Crippen LogP contribution in [0.2, 0.25) is 0 Å². The zero-order valence-corrected chi connectivity index (χ0v) is 8.71. The largest absolute Gasteiger partial charge is 0.206 e. The lowest BCUT2D eigenvalue weighted by molar-refractivity contribution is 0.474. The van der Waals surface area contributed by atoms with Crippen LogP contribution in [0.1, 0.15) is 30.9 Å². The maximum atomic E-state index is 13.5. The highest BCUT2D eigenvalue weighted by atomic mass is 19.2. The van der Waals surface area contributed by atoms with E-state index in [4.69, 9.17) is 0 Å². The molecule has 1 aromatic rings. The zero-order chi connectivity index (χ0) is 11.0. The molecule has 0 aliphatic carbocycles. The highest BCUT2D eigenvalue weighted by molar-refractivity contribution is 6.33. The van der Waals surface area contributed by atoms with E-state index in [1.807, 2.05) is 0 Å². The Bertz CT molecular complexity index is 343. The average Bonchev–Trinajstić information content (AvgIpc) is 2.11. The minimum Gasteiger partial charge on any atom is -0.206 e. The number of halogens is 3. The van der Waals surface area contributed by atoms with Gasteiger partial charge in [-0.25, -0.2) is 13.2 Å². The molecule has 0 unspecified atom stereocenters. The summed E-state index contributed by atoms with van der Waals surface area (Å²) < 4.78 is 40.1. The molecule has 0 nitrogen and oxygen atoms in total. The van der Waals surface area contributed by atoms with E-state index in [1.54, 1.807) is 13.8 Å². The Balaban J connectivity index is 3.60.